The van der Waals surface area contributed by atoms with E-state index in [0.29, 0.717) is 0 Å². The summed E-state index contributed by atoms with van der Waals surface area (Å²) < 4.78 is 1.74. The number of para-hydroxylation sites is 1. The fourth-order valence-corrected chi connectivity index (χ4v) is 2.71. The molecule has 0 saturated heterocycles. The fourth-order valence-electron chi connectivity index (χ4n) is 2.71. The molecule has 3 aromatic rings. The minimum Gasteiger partial charge on any atom is -0.352 e. The van der Waals surface area contributed by atoms with Gasteiger partial charge in [-0.3, -0.25) is 9.48 Å². The van der Waals surface area contributed by atoms with Gasteiger partial charge in [0.1, 0.15) is 6.54 Å². The summed E-state index contributed by atoms with van der Waals surface area (Å²) in [6, 6.07) is 18.4. The number of nitrogens with one attached hydrogen (secondary N) is 1. The molecule has 0 fully saturated rings. The zero-order chi connectivity index (χ0) is 16.1. The first-order valence-corrected chi connectivity index (χ1v) is 7.96. The maximum Gasteiger partial charge on any atom is 0.241 e. The molecule has 23 heavy (non-hydrogen) atoms. The van der Waals surface area contributed by atoms with Crippen LogP contribution in [0.1, 0.15) is 18.9 Å². The highest BCUT2D eigenvalue weighted by molar-refractivity contribution is 5.82. The molecule has 0 bridgehead atoms. The van der Waals surface area contributed by atoms with Crippen LogP contribution in [0.4, 0.5) is 0 Å². The molecular formula is C19H21N3O. The maximum atomic E-state index is 12.2. The van der Waals surface area contributed by atoms with Crippen molar-refractivity contribution in [3.63, 3.8) is 0 Å². The lowest BCUT2D eigenvalue weighted by Crippen LogP contribution is -2.35. The Morgan fingerprint density at radius 2 is 1.87 bits per heavy atom. The number of carbonyl (C=O) groups excluding carboxylic acids is 1. The summed E-state index contributed by atoms with van der Waals surface area (Å²) in [6.45, 7) is 2.30. The summed E-state index contributed by atoms with van der Waals surface area (Å²) in [5, 5.41) is 8.40. The van der Waals surface area contributed by atoms with Crippen LogP contribution in [-0.2, 0) is 17.8 Å². The standard InChI is InChI=1S/C19H21N3O/c1-15(11-12-16-7-3-2-4-8-16)21-19(23)14-22-18-10-6-5-9-17(18)13-20-22/h2-10,13,15H,11-12,14H2,1H3,(H,21,23). The van der Waals surface area contributed by atoms with Gasteiger partial charge in [-0.2, -0.15) is 5.10 Å². The van der Waals surface area contributed by atoms with Crippen LogP contribution < -0.4 is 5.32 Å². The number of aromatic nitrogens is 2. The second kappa shape index (κ2) is 7.09. The third-order valence-electron chi connectivity index (χ3n) is 3.96. The van der Waals surface area contributed by atoms with Crippen LogP contribution in [0.3, 0.4) is 0 Å². The molecule has 1 aromatic heterocycles. The second-order valence-corrected chi connectivity index (χ2v) is 5.85. The predicted molar refractivity (Wildman–Crippen MR) is 92.1 cm³/mol. The largest absolute Gasteiger partial charge is 0.352 e. The molecular weight excluding hydrogens is 286 g/mol. The van der Waals surface area contributed by atoms with Crippen molar-refractivity contribution in [2.45, 2.75) is 32.4 Å². The average Bonchev–Trinajstić information content (AvgIpc) is 2.97. The van der Waals surface area contributed by atoms with Crippen molar-refractivity contribution in [1.29, 1.82) is 0 Å². The van der Waals surface area contributed by atoms with Crippen molar-refractivity contribution in [3.05, 3.63) is 66.4 Å². The third kappa shape index (κ3) is 3.97. The molecule has 0 aliphatic carbocycles. The molecule has 1 heterocycles. The van der Waals surface area contributed by atoms with Crippen molar-refractivity contribution >= 4 is 16.8 Å². The highest BCUT2D eigenvalue weighted by atomic mass is 16.2. The van der Waals surface area contributed by atoms with Crippen LogP contribution >= 0.6 is 0 Å². The molecule has 1 amide bonds. The Kier molecular flexibility index (Phi) is 4.71. The number of benzene rings is 2. The number of aryl methyl sites for hydroxylation is 1. The molecule has 118 valence electrons. The van der Waals surface area contributed by atoms with Crippen LogP contribution in [0.25, 0.3) is 10.9 Å². The summed E-state index contributed by atoms with van der Waals surface area (Å²) in [7, 11) is 0. The number of hydrogen-bond acceptors (Lipinski definition) is 2. The lowest BCUT2D eigenvalue weighted by atomic mass is 10.1. The Bertz CT molecular complexity index is 779. The highest BCUT2D eigenvalue weighted by Crippen LogP contribution is 2.12. The first-order chi connectivity index (χ1) is 11.2. The van der Waals surface area contributed by atoms with E-state index in [1.54, 1.807) is 10.9 Å². The lowest BCUT2D eigenvalue weighted by Gasteiger charge is -2.14. The van der Waals surface area contributed by atoms with Crippen molar-refractivity contribution < 1.29 is 4.79 Å². The van der Waals surface area contributed by atoms with Gasteiger partial charge < -0.3 is 5.32 Å². The number of fused-ring (bicyclic) bond motifs is 1. The van der Waals surface area contributed by atoms with Crippen molar-refractivity contribution in [2.24, 2.45) is 0 Å². The van der Waals surface area contributed by atoms with Crippen molar-refractivity contribution in [1.82, 2.24) is 15.1 Å². The summed E-state index contributed by atoms with van der Waals surface area (Å²) in [5.41, 5.74) is 2.28. The van der Waals surface area contributed by atoms with Gasteiger partial charge in [0.15, 0.2) is 0 Å². The maximum absolute atomic E-state index is 12.2. The molecule has 1 atom stereocenters. The molecule has 0 aliphatic heterocycles. The zero-order valence-electron chi connectivity index (χ0n) is 13.3. The topological polar surface area (TPSA) is 46.9 Å². The molecule has 1 unspecified atom stereocenters. The van der Waals surface area contributed by atoms with Crippen LogP contribution in [0, 0.1) is 0 Å². The van der Waals surface area contributed by atoms with Gasteiger partial charge in [-0.15, -0.1) is 0 Å². The Morgan fingerprint density at radius 3 is 2.70 bits per heavy atom. The van der Waals surface area contributed by atoms with E-state index in [1.165, 1.54) is 5.56 Å². The number of amides is 1. The first kappa shape index (κ1) is 15.3. The Labute approximate surface area is 136 Å². The number of carbonyl (C=O) groups is 1. The van der Waals surface area contributed by atoms with Gasteiger partial charge in [0.05, 0.1) is 11.7 Å². The Hall–Kier alpha value is -2.62. The van der Waals surface area contributed by atoms with Crippen LogP contribution in [0.15, 0.2) is 60.8 Å². The highest BCUT2D eigenvalue weighted by Gasteiger charge is 2.10. The average molecular weight is 307 g/mol. The van der Waals surface area contributed by atoms with E-state index in [4.69, 9.17) is 0 Å². The van der Waals surface area contributed by atoms with E-state index in [1.807, 2.05) is 49.4 Å². The summed E-state index contributed by atoms with van der Waals surface area (Å²) in [5.74, 6) is -0.000542. The Morgan fingerprint density at radius 1 is 1.13 bits per heavy atom. The monoisotopic (exact) mass is 307 g/mol. The molecule has 1 N–H and O–H groups in total. The third-order valence-corrected chi connectivity index (χ3v) is 3.96. The fraction of sp³-hybridized carbons (Fsp3) is 0.263. The van der Waals surface area contributed by atoms with E-state index in [0.717, 1.165) is 23.7 Å². The lowest BCUT2D eigenvalue weighted by molar-refractivity contribution is -0.122. The smallest absolute Gasteiger partial charge is 0.241 e. The van der Waals surface area contributed by atoms with Gasteiger partial charge in [0.25, 0.3) is 0 Å². The number of rotatable bonds is 6. The summed E-state index contributed by atoms with van der Waals surface area (Å²) in [4.78, 5) is 12.2. The molecule has 0 spiro atoms. The van der Waals surface area contributed by atoms with E-state index >= 15 is 0 Å². The summed E-state index contributed by atoms with van der Waals surface area (Å²) >= 11 is 0. The van der Waals surface area contributed by atoms with E-state index in [9.17, 15) is 4.79 Å². The summed E-state index contributed by atoms with van der Waals surface area (Å²) in [6.07, 6.45) is 3.68. The number of hydrogen-bond donors (Lipinski definition) is 1. The second-order valence-electron chi connectivity index (χ2n) is 5.85. The minimum atomic E-state index is -0.000542. The van der Waals surface area contributed by atoms with Crippen LogP contribution in [-0.4, -0.2) is 21.7 Å². The van der Waals surface area contributed by atoms with Gasteiger partial charge in [-0.05, 0) is 31.4 Å². The zero-order valence-corrected chi connectivity index (χ0v) is 13.3. The molecule has 0 saturated carbocycles. The van der Waals surface area contributed by atoms with Gasteiger partial charge in [-0.1, -0.05) is 48.5 Å². The quantitative estimate of drug-likeness (QED) is 0.760. The van der Waals surface area contributed by atoms with E-state index in [2.05, 4.69) is 22.5 Å². The number of nitrogens with zero attached hydrogens (tertiary/aromatic N) is 2. The molecule has 0 radical (unpaired) electrons. The van der Waals surface area contributed by atoms with E-state index < -0.39 is 0 Å². The van der Waals surface area contributed by atoms with Gasteiger partial charge in [-0.25, -0.2) is 0 Å². The van der Waals surface area contributed by atoms with Crippen LogP contribution in [0.5, 0.6) is 0 Å². The van der Waals surface area contributed by atoms with Gasteiger partial charge >= 0.3 is 0 Å². The molecule has 4 nitrogen and oxygen atoms in total. The predicted octanol–water partition coefficient (Wildman–Crippen LogP) is 3.17. The first-order valence-electron chi connectivity index (χ1n) is 7.96. The van der Waals surface area contributed by atoms with Crippen molar-refractivity contribution in [2.75, 3.05) is 0 Å². The van der Waals surface area contributed by atoms with Gasteiger partial charge in [0.2, 0.25) is 5.91 Å². The molecule has 0 aliphatic rings. The van der Waals surface area contributed by atoms with E-state index in [-0.39, 0.29) is 18.5 Å². The van der Waals surface area contributed by atoms with Crippen molar-refractivity contribution in [3.8, 4) is 0 Å². The molecule has 3 rings (SSSR count). The normalized spacial score (nSPS) is 12.2. The Balaban J connectivity index is 1.52. The SMILES string of the molecule is CC(CCc1ccccc1)NC(=O)Cn1ncc2ccccc21. The molecule has 2 aromatic carbocycles. The van der Waals surface area contributed by atoms with Gasteiger partial charge in [0, 0.05) is 11.4 Å². The minimum absolute atomic E-state index is 0.000542. The molecule has 4 heteroatoms. The van der Waals surface area contributed by atoms with Crippen LogP contribution in [0.2, 0.25) is 0 Å².